The summed E-state index contributed by atoms with van der Waals surface area (Å²) >= 11 is 6.14. The fraction of sp³-hybridized carbons (Fsp3) is 0.917. The van der Waals surface area contributed by atoms with Crippen molar-refractivity contribution >= 4 is 17.5 Å². The first kappa shape index (κ1) is 12.8. The maximum Gasteiger partial charge on any atom is 0.220 e. The highest BCUT2D eigenvalue weighted by molar-refractivity contribution is 6.20. The van der Waals surface area contributed by atoms with Crippen LogP contribution in [-0.2, 0) is 4.79 Å². The van der Waals surface area contributed by atoms with Crippen molar-refractivity contribution < 1.29 is 4.79 Å². The number of hydrogen-bond acceptors (Lipinski definition) is 1. The van der Waals surface area contributed by atoms with Gasteiger partial charge in [0, 0.05) is 18.3 Å². The fourth-order valence-corrected chi connectivity index (χ4v) is 2.46. The van der Waals surface area contributed by atoms with Crippen molar-refractivity contribution in [3.8, 4) is 0 Å². The Morgan fingerprint density at radius 2 is 2.20 bits per heavy atom. The lowest BCUT2D eigenvalue weighted by molar-refractivity contribution is -0.121. The second-order valence-corrected chi connectivity index (χ2v) is 5.03. The molecule has 0 radical (unpaired) electrons. The zero-order chi connectivity index (χ0) is 11.1. The van der Waals surface area contributed by atoms with Gasteiger partial charge in [0.25, 0.3) is 0 Å². The monoisotopic (exact) mass is 231 g/mol. The predicted molar refractivity (Wildman–Crippen MR) is 64.1 cm³/mol. The minimum absolute atomic E-state index is 0.194. The average Bonchev–Trinajstić information content (AvgIpc) is 2.61. The number of nitrogens with one attached hydrogen (secondary N) is 1. The van der Waals surface area contributed by atoms with Crippen molar-refractivity contribution in [1.29, 1.82) is 0 Å². The van der Waals surface area contributed by atoms with Gasteiger partial charge in [-0.15, -0.1) is 11.6 Å². The van der Waals surface area contributed by atoms with E-state index in [4.69, 9.17) is 11.6 Å². The summed E-state index contributed by atoms with van der Waals surface area (Å²) in [6.45, 7) is 2.92. The van der Waals surface area contributed by atoms with Crippen LogP contribution in [0.25, 0.3) is 0 Å². The Morgan fingerprint density at radius 3 is 2.80 bits per heavy atom. The van der Waals surface area contributed by atoms with Crippen molar-refractivity contribution in [3.05, 3.63) is 0 Å². The molecular formula is C12H22ClNO. The Morgan fingerprint density at radius 1 is 1.40 bits per heavy atom. The van der Waals surface area contributed by atoms with E-state index in [1.807, 2.05) is 0 Å². The molecule has 2 atom stereocenters. The molecule has 0 aliphatic heterocycles. The smallest absolute Gasteiger partial charge is 0.220 e. The Balaban J connectivity index is 2.05. The van der Waals surface area contributed by atoms with Crippen LogP contribution < -0.4 is 5.32 Å². The molecule has 1 saturated carbocycles. The molecule has 1 aliphatic carbocycles. The van der Waals surface area contributed by atoms with E-state index in [2.05, 4.69) is 12.2 Å². The average molecular weight is 232 g/mol. The van der Waals surface area contributed by atoms with E-state index in [1.54, 1.807) is 0 Å². The van der Waals surface area contributed by atoms with Crippen LogP contribution in [0.1, 0.15) is 51.9 Å². The second-order valence-electron chi connectivity index (χ2n) is 4.47. The summed E-state index contributed by atoms with van der Waals surface area (Å²) in [4.78, 5) is 11.4. The molecule has 0 saturated heterocycles. The Kier molecular flexibility index (Phi) is 6.07. The number of rotatable bonds is 6. The molecule has 2 unspecified atom stereocenters. The second kappa shape index (κ2) is 7.10. The van der Waals surface area contributed by atoms with Crippen LogP contribution in [0.3, 0.4) is 0 Å². The van der Waals surface area contributed by atoms with Crippen LogP contribution in [0.4, 0.5) is 0 Å². The Bertz CT molecular complexity index is 196. The lowest BCUT2D eigenvalue weighted by Crippen LogP contribution is -2.30. The molecule has 0 heterocycles. The topological polar surface area (TPSA) is 29.1 Å². The summed E-state index contributed by atoms with van der Waals surface area (Å²) in [5.74, 6) is 0.695. The van der Waals surface area contributed by atoms with Crippen molar-refractivity contribution in [1.82, 2.24) is 5.32 Å². The first-order valence-corrected chi connectivity index (χ1v) is 6.58. The molecule has 0 aromatic carbocycles. The van der Waals surface area contributed by atoms with Gasteiger partial charge in [-0.05, 0) is 25.2 Å². The van der Waals surface area contributed by atoms with E-state index >= 15 is 0 Å². The first-order chi connectivity index (χ1) is 7.24. The summed E-state index contributed by atoms with van der Waals surface area (Å²) in [6.07, 6.45) is 7.49. The van der Waals surface area contributed by atoms with Gasteiger partial charge >= 0.3 is 0 Å². The first-order valence-electron chi connectivity index (χ1n) is 6.14. The number of alkyl halides is 1. The van der Waals surface area contributed by atoms with Crippen LogP contribution in [0.5, 0.6) is 0 Å². The van der Waals surface area contributed by atoms with E-state index in [-0.39, 0.29) is 11.3 Å². The number of hydrogen-bond donors (Lipinski definition) is 1. The zero-order valence-corrected chi connectivity index (χ0v) is 10.4. The van der Waals surface area contributed by atoms with Gasteiger partial charge in [0.1, 0.15) is 0 Å². The Hall–Kier alpha value is -0.240. The molecule has 1 aliphatic rings. The third-order valence-corrected chi connectivity index (χ3v) is 3.71. The SMILES string of the molecule is CCCCCC(=O)NCC1CCCC1Cl. The number of amides is 1. The van der Waals surface area contributed by atoms with Gasteiger partial charge in [0.2, 0.25) is 5.91 Å². The summed E-state index contributed by atoms with van der Waals surface area (Å²) in [6, 6.07) is 0. The lowest BCUT2D eigenvalue weighted by Gasteiger charge is -2.14. The van der Waals surface area contributed by atoms with Gasteiger partial charge in [-0.2, -0.15) is 0 Å². The fourth-order valence-electron chi connectivity index (χ4n) is 2.09. The molecule has 1 fully saturated rings. The minimum atomic E-state index is 0.194. The third-order valence-electron chi connectivity index (χ3n) is 3.14. The maximum atomic E-state index is 11.4. The Labute approximate surface area is 97.8 Å². The van der Waals surface area contributed by atoms with Gasteiger partial charge in [0.15, 0.2) is 0 Å². The standard InChI is InChI=1S/C12H22ClNO/c1-2-3-4-8-12(15)14-9-10-6-5-7-11(10)13/h10-11H,2-9H2,1H3,(H,14,15). The molecule has 3 heteroatoms. The highest BCUT2D eigenvalue weighted by atomic mass is 35.5. The van der Waals surface area contributed by atoms with Crippen LogP contribution in [0.2, 0.25) is 0 Å². The molecule has 2 nitrogen and oxygen atoms in total. The normalized spacial score (nSPS) is 25.5. The summed E-state index contributed by atoms with van der Waals surface area (Å²) in [5.41, 5.74) is 0. The summed E-state index contributed by atoms with van der Waals surface area (Å²) in [5, 5.41) is 3.27. The van der Waals surface area contributed by atoms with E-state index in [0.717, 1.165) is 25.8 Å². The number of carbonyl (C=O) groups is 1. The van der Waals surface area contributed by atoms with Crippen molar-refractivity contribution in [2.45, 2.75) is 57.2 Å². The van der Waals surface area contributed by atoms with Crippen LogP contribution in [0, 0.1) is 5.92 Å². The molecule has 15 heavy (non-hydrogen) atoms. The zero-order valence-electron chi connectivity index (χ0n) is 9.60. The number of halogens is 1. The van der Waals surface area contributed by atoms with Crippen molar-refractivity contribution in [2.24, 2.45) is 5.92 Å². The van der Waals surface area contributed by atoms with E-state index in [1.165, 1.54) is 19.3 Å². The summed E-state index contributed by atoms with van der Waals surface area (Å²) < 4.78 is 0. The van der Waals surface area contributed by atoms with Gasteiger partial charge < -0.3 is 5.32 Å². The van der Waals surface area contributed by atoms with Gasteiger partial charge in [-0.1, -0.05) is 26.2 Å². The number of carbonyl (C=O) groups excluding carboxylic acids is 1. The molecule has 0 spiro atoms. The van der Waals surface area contributed by atoms with Crippen LogP contribution >= 0.6 is 11.6 Å². The van der Waals surface area contributed by atoms with Gasteiger partial charge in [-0.25, -0.2) is 0 Å². The maximum absolute atomic E-state index is 11.4. The summed E-state index contributed by atoms with van der Waals surface area (Å²) in [7, 11) is 0. The highest BCUT2D eigenvalue weighted by Crippen LogP contribution is 2.29. The predicted octanol–water partition coefficient (Wildman–Crippen LogP) is 3.09. The molecule has 1 amide bonds. The van der Waals surface area contributed by atoms with Crippen molar-refractivity contribution in [2.75, 3.05) is 6.54 Å². The van der Waals surface area contributed by atoms with Crippen molar-refractivity contribution in [3.63, 3.8) is 0 Å². The molecule has 1 N–H and O–H groups in total. The quantitative estimate of drug-likeness (QED) is 0.553. The largest absolute Gasteiger partial charge is 0.356 e. The molecular weight excluding hydrogens is 210 g/mol. The lowest BCUT2D eigenvalue weighted by atomic mass is 10.1. The molecule has 0 aromatic rings. The number of unbranched alkanes of at least 4 members (excludes halogenated alkanes) is 2. The van der Waals surface area contributed by atoms with E-state index < -0.39 is 0 Å². The van der Waals surface area contributed by atoms with Crippen LogP contribution in [-0.4, -0.2) is 17.8 Å². The van der Waals surface area contributed by atoms with E-state index in [0.29, 0.717) is 12.3 Å². The third kappa shape index (κ3) is 4.87. The minimum Gasteiger partial charge on any atom is -0.356 e. The van der Waals surface area contributed by atoms with Gasteiger partial charge in [-0.3, -0.25) is 4.79 Å². The highest BCUT2D eigenvalue weighted by Gasteiger charge is 2.25. The van der Waals surface area contributed by atoms with E-state index in [9.17, 15) is 4.79 Å². The molecule has 0 aromatic heterocycles. The molecule has 1 rings (SSSR count). The van der Waals surface area contributed by atoms with Crippen LogP contribution in [0.15, 0.2) is 0 Å². The molecule has 88 valence electrons. The van der Waals surface area contributed by atoms with Gasteiger partial charge in [0.05, 0.1) is 0 Å². The molecule has 0 bridgehead atoms.